The summed E-state index contributed by atoms with van der Waals surface area (Å²) in [5.41, 5.74) is -1.64. The Morgan fingerprint density at radius 3 is 2.18 bits per heavy atom. The van der Waals surface area contributed by atoms with Crippen molar-refractivity contribution in [3.05, 3.63) is 112 Å². The van der Waals surface area contributed by atoms with Crippen molar-refractivity contribution in [3.8, 4) is 28.0 Å². The summed E-state index contributed by atoms with van der Waals surface area (Å²) in [4.78, 5) is 26.1. The minimum absolute atomic E-state index is 0.00479. The van der Waals surface area contributed by atoms with Crippen LogP contribution in [-0.2, 0) is 17.1 Å². The molecule has 262 valence electrons. The van der Waals surface area contributed by atoms with Gasteiger partial charge in [-0.05, 0) is 103 Å². The lowest BCUT2D eigenvalue weighted by Crippen LogP contribution is -2.41. The number of amides is 1. The molecule has 1 N–H and O–H groups in total. The molecule has 0 saturated carbocycles. The highest BCUT2D eigenvalue weighted by atomic mass is 19.4. The molecule has 14 heteroatoms. The van der Waals surface area contributed by atoms with Gasteiger partial charge in [0, 0.05) is 17.2 Å². The number of methoxy groups -OCH3 is 1. The third-order valence-corrected chi connectivity index (χ3v) is 9.12. The number of aromatic carboxylic acids is 1. The van der Waals surface area contributed by atoms with E-state index in [4.69, 9.17) is 9.47 Å². The second-order valence-corrected chi connectivity index (χ2v) is 12.2. The molecule has 2 aliphatic heterocycles. The first-order valence-electron chi connectivity index (χ1n) is 15.3. The summed E-state index contributed by atoms with van der Waals surface area (Å²) in [5, 5.41) is 9.37. The Labute approximate surface area is 279 Å². The van der Waals surface area contributed by atoms with Gasteiger partial charge in [-0.2, -0.15) is 26.3 Å². The molecule has 0 aromatic heterocycles. The Morgan fingerprint density at radius 2 is 1.54 bits per heavy atom. The first-order valence-corrected chi connectivity index (χ1v) is 15.3. The van der Waals surface area contributed by atoms with Crippen molar-refractivity contribution >= 4 is 12.1 Å². The van der Waals surface area contributed by atoms with Gasteiger partial charge >= 0.3 is 24.4 Å². The predicted molar refractivity (Wildman–Crippen MR) is 163 cm³/mol. The second-order valence-electron chi connectivity index (χ2n) is 12.2. The number of rotatable bonds is 6. The maximum atomic E-state index is 15.6. The molecule has 3 atom stereocenters. The van der Waals surface area contributed by atoms with E-state index in [0.717, 1.165) is 24.3 Å². The summed E-state index contributed by atoms with van der Waals surface area (Å²) in [7, 11) is 1.24. The van der Waals surface area contributed by atoms with E-state index in [-0.39, 0.29) is 52.0 Å². The quantitative estimate of drug-likeness (QED) is 0.202. The molecule has 0 spiro atoms. The minimum atomic E-state index is -4.90. The van der Waals surface area contributed by atoms with Crippen LogP contribution in [0.4, 0.5) is 39.9 Å². The summed E-state index contributed by atoms with van der Waals surface area (Å²) in [6, 6.07) is 9.07. The van der Waals surface area contributed by atoms with Crippen molar-refractivity contribution < 1.29 is 59.3 Å². The highest BCUT2D eigenvalue weighted by Gasteiger charge is 2.49. The van der Waals surface area contributed by atoms with Crippen LogP contribution in [-0.4, -0.2) is 35.2 Å². The van der Waals surface area contributed by atoms with E-state index >= 15 is 4.39 Å². The molecule has 2 heterocycles. The van der Waals surface area contributed by atoms with E-state index in [0.29, 0.717) is 29.7 Å². The number of carboxylic acid groups (broad SMARTS) is 1. The van der Waals surface area contributed by atoms with E-state index in [9.17, 15) is 45.4 Å². The molecule has 4 aromatic rings. The molecule has 0 unspecified atom stereocenters. The highest BCUT2D eigenvalue weighted by molar-refractivity contribution is 5.89. The lowest BCUT2D eigenvalue weighted by Gasteiger charge is -2.38. The Bertz CT molecular complexity index is 2010. The molecule has 0 radical (unpaired) electrons. The fourth-order valence-electron chi connectivity index (χ4n) is 6.87. The van der Waals surface area contributed by atoms with Crippen molar-refractivity contribution in [1.82, 2.24) is 4.90 Å². The largest absolute Gasteiger partial charge is 0.496 e. The summed E-state index contributed by atoms with van der Waals surface area (Å²) in [6.07, 6.45) is -11.4. The summed E-state index contributed by atoms with van der Waals surface area (Å²) in [6.45, 7) is 1.57. The number of carbonyl (C=O) groups is 2. The number of hydrogen-bond donors (Lipinski definition) is 1. The Kier molecular flexibility index (Phi) is 8.77. The maximum absolute atomic E-state index is 15.6. The second kappa shape index (κ2) is 12.6. The normalized spacial score (nSPS) is 19.3. The van der Waals surface area contributed by atoms with Gasteiger partial charge in [-0.1, -0.05) is 12.1 Å². The number of carboxylic acids is 1. The van der Waals surface area contributed by atoms with Crippen molar-refractivity contribution in [2.75, 3.05) is 7.11 Å². The average molecular weight is 706 g/mol. The average Bonchev–Trinajstić information content (AvgIpc) is 3.40. The third kappa shape index (κ3) is 6.34. The lowest BCUT2D eigenvalue weighted by atomic mass is 9.83. The van der Waals surface area contributed by atoms with Gasteiger partial charge in [-0.15, -0.1) is 0 Å². The van der Waals surface area contributed by atoms with E-state index in [2.05, 4.69) is 0 Å². The molecular formula is C36H27F8NO5. The van der Waals surface area contributed by atoms with Crippen molar-refractivity contribution in [2.24, 2.45) is 0 Å². The maximum Gasteiger partial charge on any atom is 0.416 e. The van der Waals surface area contributed by atoms with Crippen LogP contribution < -0.4 is 4.74 Å². The molecule has 6 nitrogen and oxygen atoms in total. The number of cyclic esters (lactones) is 1. The number of alkyl halides is 6. The van der Waals surface area contributed by atoms with Gasteiger partial charge in [0.25, 0.3) is 0 Å². The van der Waals surface area contributed by atoms with Crippen molar-refractivity contribution in [2.45, 2.75) is 56.7 Å². The topological polar surface area (TPSA) is 76.1 Å². The number of benzene rings is 4. The fourth-order valence-corrected chi connectivity index (χ4v) is 6.87. The van der Waals surface area contributed by atoms with E-state index in [1.54, 1.807) is 6.92 Å². The number of halogens is 8. The van der Waals surface area contributed by atoms with Gasteiger partial charge in [0.15, 0.2) is 0 Å². The Hall–Kier alpha value is -5.14. The first-order chi connectivity index (χ1) is 23.5. The standard InChI is InChI=1S/C36H27F8NO5/c1-17-10-18(33(46)47)6-8-23(17)25-15-27(31(49-2)16-28(25)38)24-9-7-20(35(39,40)41)14-26(24)29-4-3-5-30-32(50-34(48)45(29)30)19-11-21(36(42,43)44)13-22(37)12-19/h6-16,29-30,32H,3-5H2,1-2H3,(H,46,47)/t29-,30-,32+/m0/s1. The SMILES string of the molecule is COc1cc(F)c(-c2ccc(C(=O)O)cc2C)cc1-c1ccc(C(F)(F)F)cc1[C@@H]1CCC[C@H]2[C@@H](c3cc(F)cc(C(F)(F)F)c3)OC(=O)N12. The zero-order chi connectivity index (χ0) is 36.3. The van der Waals surface area contributed by atoms with Crippen LogP contribution in [0.1, 0.15) is 69.6 Å². The molecule has 50 heavy (non-hydrogen) atoms. The van der Waals surface area contributed by atoms with Crippen LogP contribution in [0.15, 0.2) is 66.7 Å². The van der Waals surface area contributed by atoms with Crippen LogP contribution in [0.25, 0.3) is 22.3 Å². The number of nitrogens with zero attached hydrogens (tertiary/aromatic N) is 1. The summed E-state index contributed by atoms with van der Waals surface area (Å²) >= 11 is 0. The molecule has 2 aliphatic rings. The van der Waals surface area contributed by atoms with Crippen molar-refractivity contribution in [3.63, 3.8) is 0 Å². The van der Waals surface area contributed by atoms with Gasteiger partial charge in [0.05, 0.1) is 35.9 Å². The van der Waals surface area contributed by atoms with E-state index < -0.39 is 65.4 Å². The first kappa shape index (κ1) is 34.7. The molecule has 2 saturated heterocycles. The molecule has 4 aromatic carbocycles. The van der Waals surface area contributed by atoms with Gasteiger partial charge in [-0.25, -0.2) is 18.4 Å². The van der Waals surface area contributed by atoms with E-state index in [1.807, 2.05) is 0 Å². The zero-order valence-corrected chi connectivity index (χ0v) is 26.3. The number of carbonyl (C=O) groups excluding carboxylic acids is 1. The van der Waals surface area contributed by atoms with Crippen LogP contribution in [0, 0.1) is 18.6 Å². The van der Waals surface area contributed by atoms with Crippen LogP contribution in [0.2, 0.25) is 0 Å². The molecular weight excluding hydrogens is 678 g/mol. The Morgan fingerprint density at radius 1 is 0.840 bits per heavy atom. The minimum Gasteiger partial charge on any atom is -0.496 e. The number of fused-ring (bicyclic) bond motifs is 1. The number of ether oxygens (including phenoxy) is 2. The molecule has 2 fully saturated rings. The van der Waals surface area contributed by atoms with E-state index in [1.165, 1.54) is 42.3 Å². The Balaban J connectivity index is 1.50. The van der Waals surface area contributed by atoms with Gasteiger partial charge < -0.3 is 14.6 Å². The lowest BCUT2D eigenvalue weighted by molar-refractivity contribution is -0.138. The van der Waals surface area contributed by atoms with Crippen LogP contribution >= 0.6 is 0 Å². The summed E-state index contributed by atoms with van der Waals surface area (Å²) < 4.78 is 124. The number of hydrogen-bond acceptors (Lipinski definition) is 4. The van der Waals surface area contributed by atoms with Gasteiger partial charge in [0.1, 0.15) is 23.5 Å². The highest BCUT2D eigenvalue weighted by Crippen LogP contribution is 2.50. The monoisotopic (exact) mass is 705 g/mol. The van der Waals surface area contributed by atoms with Crippen LogP contribution in [0.5, 0.6) is 5.75 Å². The third-order valence-electron chi connectivity index (χ3n) is 9.12. The zero-order valence-electron chi connectivity index (χ0n) is 26.3. The fraction of sp³-hybridized carbons (Fsp3) is 0.278. The molecule has 6 rings (SSSR count). The molecule has 0 aliphatic carbocycles. The molecule has 1 amide bonds. The van der Waals surface area contributed by atoms with Crippen molar-refractivity contribution in [1.29, 1.82) is 0 Å². The summed E-state index contributed by atoms with van der Waals surface area (Å²) in [5.74, 6) is -3.22. The van der Waals surface area contributed by atoms with Gasteiger partial charge in [-0.3, -0.25) is 4.90 Å². The predicted octanol–water partition coefficient (Wildman–Crippen LogP) is 10.1. The van der Waals surface area contributed by atoms with Gasteiger partial charge in [0.2, 0.25) is 0 Å². The smallest absolute Gasteiger partial charge is 0.416 e. The molecule has 0 bridgehead atoms. The number of piperidine rings is 1. The van der Waals surface area contributed by atoms with Crippen LogP contribution in [0.3, 0.4) is 0 Å². The number of aryl methyl sites for hydroxylation is 1.